The molecule has 0 bridgehead atoms. The summed E-state index contributed by atoms with van der Waals surface area (Å²) in [5, 5.41) is 42.4. The molecule has 0 aliphatic rings. The summed E-state index contributed by atoms with van der Waals surface area (Å²) in [6.45, 7) is 3.05. The van der Waals surface area contributed by atoms with Crippen molar-refractivity contribution in [3.63, 3.8) is 0 Å². The number of ether oxygens (including phenoxy) is 2. The van der Waals surface area contributed by atoms with Crippen LogP contribution in [0.1, 0.15) is 57.8 Å². The van der Waals surface area contributed by atoms with Gasteiger partial charge >= 0.3 is 17.9 Å². The fourth-order valence-electron chi connectivity index (χ4n) is 2.99. The molecule has 0 radical (unpaired) electrons. The van der Waals surface area contributed by atoms with E-state index in [1.807, 2.05) is 0 Å². The van der Waals surface area contributed by atoms with Crippen molar-refractivity contribution >= 4 is 35.1 Å². The lowest BCUT2D eigenvalue weighted by Gasteiger charge is -2.16. The monoisotopic (exact) mass is 534 g/mol. The molecule has 6 N–H and O–H groups in total. The van der Waals surface area contributed by atoms with Crippen LogP contribution in [0.5, 0.6) is 0 Å². The average molecular weight is 534 g/mol. The van der Waals surface area contributed by atoms with E-state index >= 15 is 0 Å². The molecule has 16 heteroatoms. The summed E-state index contributed by atoms with van der Waals surface area (Å²) in [6, 6.07) is 5.11. The molecule has 0 amide bonds. The number of carbonyl (C=O) groups excluding carboxylic acids is 4. The molecule has 0 heterocycles. The minimum absolute atomic E-state index is 0.281. The van der Waals surface area contributed by atoms with Gasteiger partial charge in [0.25, 0.3) is 17.2 Å². The third-order valence-corrected chi connectivity index (χ3v) is 5.08. The van der Waals surface area contributed by atoms with Crippen molar-refractivity contribution in [2.24, 2.45) is 11.5 Å². The Kier molecular flexibility index (Phi) is 9.39. The predicted octanol–water partition coefficient (Wildman–Crippen LogP) is 0.331. The molecule has 38 heavy (non-hydrogen) atoms. The summed E-state index contributed by atoms with van der Waals surface area (Å²) in [7, 11) is 0. The smallest absolute Gasteiger partial charge is 0.385 e. The van der Waals surface area contributed by atoms with Gasteiger partial charge in [0.2, 0.25) is 6.29 Å². The van der Waals surface area contributed by atoms with Crippen LogP contribution in [0.15, 0.2) is 36.4 Å². The molecule has 0 aromatic heterocycles. The maximum Gasteiger partial charge on any atom is 0.385 e. The van der Waals surface area contributed by atoms with Crippen LogP contribution >= 0.6 is 0 Å². The van der Waals surface area contributed by atoms with E-state index in [0.717, 1.165) is 24.3 Å². The number of aliphatic hydroxyl groups is 2. The number of ketones is 1. The van der Waals surface area contributed by atoms with Crippen LogP contribution in [0.4, 0.5) is 11.4 Å². The summed E-state index contributed by atoms with van der Waals surface area (Å²) in [5.74, 6) is -7.18. The van der Waals surface area contributed by atoms with Crippen molar-refractivity contribution in [2.75, 3.05) is 0 Å². The van der Waals surface area contributed by atoms with E-state index in [2.05, 4.69) is 9.47 Å². The molecule has 0 aliphatic carbocycles. The number of benzene rings is 2. The second-order valence-electron chi connectivity index (χ2n) is 7.93. The molecule has 2 rings (SSSR count). The van der Waals surface area contributed by atoms with Gasteiger partial charge in [0.15, 0.2) is 6.10 Å². The summed E-state index contributed by atoms with van der Waals surface area (Å²) in [4.78, 5) is 69.5. The lowest BCUT2D eigenvalue weighted by atomic mass is 10.0. The Morgan fingerprint density at radius 2 is 1.24 bits per heavy atom. The number of nitrogens with zero attached hydrogens (tertiary/aromatic N) is 2. The first kappa shape index (κ1) is 29.6. The zero-order valence-corrected chi connectivity index (χ0v) is 19.8. The summed E-state index contributed by atoms with van der Waals surface area (Å²) in [5.41, 5.74) is 8.95. The predicted molar refractivity (Wildman–Crippen MR) is 124 cm³/mol. The largest absolute Gasteiger partial charge is 0.429 e. The number of esters is 3. The Balaban J connectivity index is 2.15. The molecule has 4 unspecified atom stereocenters. The van der Waals surface area contributed by atoms with Crippen molar-refractivity contribution in [1.29, 1.82) is 0 Å². The van der Waals surface area contributed by atoms with E-state index in [0.29, 0.717) is 5.56 Å². The molecule has 16 nitrogen and oxygen atoms in total. The Labute approximate surface area is 213 Å². The standard InChI is InChI=1S/C22H22N4O12/c1-9(23)11-3-5-13(15(7-11)25(33)34)19(29)37-21(31)17(27)18(28)22(32)38-20(30)14-6-4-12(10(2)24)8-16(14)26(35)36/h3-10,17,21,27,31H,23-24H2,1-2H3. The van der Waals surface area contributed by atoms with Crippen molar-refractivity contribution in [3.05, 3.63) is 78.9 Å². The van der Waals surface area contributed by atoms with Crippen molar-refractivity contribution in [2.45, 2.75) is 38.3 Å². The quantitative estimate of drug-likeness (QED) is 0.0799. The number of Topliss-reactive ketones (excluding diaryl/α,β-unsaturated/α-hetero) is 1. The number of hydrogen-bond donors (Lipinski definition) is 4. The normalized spacial score (nSPS) is 13.9. The second-order valence-corrected chi connectivity index (χ2v) is 7.93. The van der Waals surface area contributed by atoms with Gasteiger partial charge in [-0.15, -0.1) is 0 Å². The van der Waals surface area contributed by atoms with E-state index in [1.165, 1.54) is 26.0 Å². The molecular formula is C22H22N4O12. The maximum atomic E-state index is 12.3. The third-order valence-electron chi connectivity index (χ3n) is 5.08. The van der Waals surface area contributed by atoms with Gasteiger partial charge in [-0.25, -0.2) is 14.4 Å². The highest BCUT2D eigenvalue weighted by Gasteiger charge is 2.37. The number of aliphatic hydroxyl groups excluding tert-OH is 2. The highest BCUT2D eigenvalue weighted by molar-refractivity contribution is 6.37. The fraction of sp³-hybridized carbons (Fsp3) is 0.273. The third kappa shape index (κ3) is 6.77. The van der Waals surface area contributed by atoms with Crippen molar-refractivity contribution in [3.8, 4) is 0 Å². The van der Waals surface area contributed by atoms with Crippen LogP contribution in [-0.2, 0) is 19.1 Å². The second kappa shape index (κ2) is 12.1. The number of hydrogen-bond acceptors (Lipinski definition) is 14. The van der Waals surface area contributed by atoms with Gasteiger partial charge in [-0.3, -0.25) is 25.0 Å². The maximum absolute atomic E-state index is 12.3. The Bertz CT molecular complexity index is 1310. The Morgan fingerprint density at radius 3 is 1.63 bits per heavy atom. The fourth-order valence-corrected chi connectivity index (χ4v) is 2.99. The molecule has 4 atom stereocenters. The molecule has 2 aromatic rings. The van der Waals surface area contributed by atoms with E-state index < -0.39 is 80.5 Å². The molecule has 0 saturated heterocycles. The SMILES string of the molecule is CC(N)c1ccc(C(=O)OC(=O)C(=O)C(O)C(O)OC(=O)c2ccc(C(C)N)cc2[N+](=O)[O-])c([N+](=O)[O-])c1. The summed E-state index contributed by atoms with van der Waals surface area (Å²) >= 11 is 0. The van der Waals surface area contributed by atoms with Crippen LogP contribution in [0.2, 0.25) is 0 Å². The first-order chi connectivity index (χ1) is 17.6. The minimum Gasteiger partial charge on any atom is -0.429 e. The minimum atomic E-state index is -2.78. The number of rotatable bonds is 10. The topological polar surface area (TPSA) is 266 Å². The molecule has 202 valence electrons. The molecular weight excluding hydrogens is 512 g/mol. The van der Waals surface area contributed by atoms with Gasteiger partial charge in [-0.2, -0.15) is 0 Å². The van der Waals surface area contributed by atoms with E-state index in [1.54, 1.807) is 0 Å². The van der Waals surface area contributed by atoms with Crippen LogP contribution in [0.3, 0.4) is 0 Å². The van der Waals surface area contributed by atoms with Gasteiger partial charge in [-0.1, -0.05) is 12.1 Å². The van der Waals surface area contributed by atoms with E-state index in [-0.39, 0.29) is 5.56 Å². The average Bonchev–Trinajstić information content (AvgIpc) is 2.86. The zero-order valence-electron chi connectivity index (χ0n) is 19.8. The number of nitrogens with two attached hydrogens (primary N) is 2. The Morgan fingerprint density at radius 1 is 0.816 bits per heavy atom. The zero-order chi connectivity index (χ0) is 28.9. The lowest BCUT2D eigenvalue weighted by Crippen LogP contribution is -2.42. The van der Waals surface area contributed by atoms with Crippen molar-refractivity contribution in [1.82, 2.24) is 0 Å². The van der Waals surface area contributed by atoms with Gasteiger partial charge in [0.05, 0.1) is 9.85 Å². The Hall–Kier alpha value is -4.64. The number of carbonyl (C=O) groups is 4. The van der Waals surface area contributed by atoms with Crippen LogP contribution in [0, 0.1) is 20.2 Å². The van der Waals surface area contributed by atoms with E-state index in [4.69, 9.17) is 11.5 Å². The highest BCUT2D eigenvalue weighted by atomic mass is 16.7. The van der Waals surface area contributed by atoms with Crippen LogP contribution < -0.4 is 11.5 Å². The van der Waals surface area contributed by atoms with Gasteiger partial charge in [0.1, 0.15) is 11.1 Å². The molecule has 0 saturated carbocycles. The summed E-state index contributed by atoms with van der Waals surface area (Å²) < 4.78 is 8.71. The molecule has 0 aliphatic heterocycles. The first-order valence-electron chi connectivity index (χ1n) is 10.6. The first-order valence-corrected chi connectivity index (χ1v) is 10.6. The lowest BCUT2D eigenvalue weighted by molar-refractivity contribution is -0.385. The van der Waals surface area contributed by atoms with Gasteiger partial charge < -0.3 is 31.2 Å². The highest BCUT2D eigenvalue weighted by Crippen LogP contribution is 2.25. The molecule has 0 spiro atoms. The van der Waals surface area contributed by atoms with Gasteiger partial charge in [-0.05, 0) is 37.1 Å². The van der Waals surface area contributed by atoms with Crippen LogP contribution in [0.25, 0.3) is 0 Å². The van der Waals surface area contributed by atoms with Crippen LogP contribution in [-0.4, -0.2) is 56.1 Å². The number of nitro benzene ring substituents is 2. The van der Waals surface area contributed by atoms with Crippen molar-refractivity contribution < 1.29 is 48.7 Å². The van der Waals surface area contributed by atoms with Gasteiger partial charge in [0, 0.05) is 24.2 Å². The van der Waals surface area contributed by atoms with E-state index in [9.17, 15) is 49.6 Å². The molecule has 2 aromatic carbocycles. The summed E-state index contributed by atoms with van der Waals surface area (Å²) in [6.07, 6.45) is -5.50. The molecule has 0 fully saturated rings. The number of nitro groups is 2.